The van der Waals surface area contributed by atoms with E-state index in [-0.39, 0.29) is 6.42 Å². The molecule has 0 fully saturated rings. The molecule has 84 valence electrons. The number of nitrogens with two attached hydrogens (primary N) is 1. The number of methoxy groups -OCH3 is 1. The van der Waals surface area contributed by atoms with Crippen LogP contribution in [0.15, 0.2) is 18.2 Å². The number of carboxylic acid groups (broad SMARTS) is 1. The van der Waals surface area contributed by atoms with E-state index in [1.165, 1.54) is 7.11 Å². The first-order chi connectivity index (χ1) is 7.58. The number of aliphatic carboxylic acids is 1. The van der Waals surface area contributed by atoms with Gasteiger partial charge in [0.2, 0.25) is 0 Å². The van der Waals surface area contributed by atoms with Gasteiger partial charge in [0.25, 0.3) is 0 Å². The number of ether oxygens (including phenoxy) is 1. The van der Waals surface area contributed by atoms with Crippen LogP contribution in [0.4, 0.5) is 0 Å². The van der Waals surface area contributed by atoms with E-state index in [4.69, 9.17) is 20.8 Å². The number of carboxylic acids is 1. The lowest BCUT2D eigenvalue weighted by atomic mass is 10.0. The van der Waals surface area contributed by atoms with Crippen molar-refractivity contribution in [1.29, 1.82) is 5.26 Å². The SMILES string of the molecule is COc1ccc(C[C@H](N)C(=O)O)cc1C#N. The Labute approximate surface area is 93.1 Å². The van der Waals surface area contributed by atoms with Crippen molar-refractivity contribution < 1.29 is 14.6 Å². The number of carbonyl (C=O) groups is 1. The highest BCUT2D eigenvalue weighted by Crippen LogP contribution is 2.19. The van der Waals surface area contributed by atoms with Crippen LogP contribution in [-0.4, -0.2) is 24.2 Å². The fraction of sp³-hybridized carbons (Fsp3) is 0.273. The van der Waals surface area contributed by atoms with Crippen molar-refractivity contribution in [1.82, 2.24) is 0 Å². The number of nitriles is 1. The molecule has 1 atom stereocenters. The monoisotopic (exact) mass is 220 g/mol. The van der Waals surface area contributed by atoms with Gasteiger partial charge in [-0.3, -0.25) is 4.79 Å². The van der Waals surface area contributed by atoms with Crippen molar-refractivity contribution in [2.75, 3.05) is 7.11 Å². The maximum absolute atomic E-state index is 10.6. The predicted molar refractivity (Wildman–Crippen MR) is 57.0 cm³/mol. The average molecular weight is 220 g/mol. The van der Waals surface area contributed by atoms with Gasteiger partial charge in [-0.15, -0.1) is 0 Å². The lowest BCUT2D eigenvalue weighted by Crippen LogP contribution is -2.32. The summed E-state index contributed by atoms with van der Waals surface area (Å²) in [6, 6.07) is 5.93. The van der Waals surface area contributed by atoms with Crippen molar-refractivity contribution >= 4 is 5.97 Å². The van der Waals surface area contributed by atoms with Crippen LogP contribution in [0.2, 0.25) is 0 Å². The van der Waals surface area contributed by atoms with Crippen LogP contribution in [0.3, 0.4) is 0 Å². The summed E-state index contributed by atoms with van der Waals surface area (Å²) >= 11 is 0. The zero-order valence-electron chi connectivity index (χ0n) is 8.80. The first-order valence-electron chi connectivity index (χ1n) is 4.64. The smallest absolute Gasteiger partial charge is 0.320 e. The maximum atomic E-state index is 10.6. The van der Waals surface area contributed by atoms with Crippen LogP contribution in [-0.2, 0) is 11.2 Å². The molecule has 0 aliphatic rings. The summed E-state index contributed by atoms with van der Waals surface area (Å²) in [7, 11) is 1.47. The van der Waals surface area contributed by atoms with Gasteiger partial charge in [0.05, 0.1) is 12.7 Å². The minimum absolute atomic E-state index is 0.188. The third kappa shape index (κ3) is 2.72. The molecule has 1 aromatic carbocycles. The molecule has 0 aliphatic heterocycles. The summed E-state index contributed by atoms with van der Waals surface area (Å²) in [4.78, 5) is 10.6. The summed E-state index contributed by atoms with van der Waals surface area (Å²) < 4.78 is 4.97. The summed E-state index contributed by atoms with van der Waals surface area (Å²) in [6.07, 6.45) is 0.188. The van der Waals surface area contributed by atoms with Crippen molar-refractivity contribution in [3.8, 4) is 11.8 Å². The summed E-state index contributed by atoms with van der Waals surface area (Å²) in [5.41, 5.74) is 6.47. The van der Waals surface area contributed by atoms with Gasteiger partial charge >= 0.3 is 5.97 Å². The van der Waals surface area contributed by atoms with Gasteiger partial charge in [-0.05, 0) is 24.1 Å². The molecule has 0 saturated heterocycles. The number of rotatable bonds is 4. The van der Waals surface area contributed by atoms with Crippen LogP contribution < -0.4 is 10.5 Å². The molecule has 0 amide bonds. The van der Waals surface area contributed by atoms with E-state index in [1.807, 2.05) is 6.07 Å². The Bertz CT molecular complexity index is 437. The number of benzene rings is 1. The molecule has 1 rings (SSSR count). The number of hydrogen-bond acceptors (Lipinski definition) is 4. The standard InChI is InChI=1S/C11H12N2O3/c1-16-10-3-2-7(4-8(10)6-12)5-9(13)11(14)15/h2-4,9H,5,13H2,1H3,(H,14,15)/t9-/m0/s1. The lowest BCUT2D eigenvalue weighted by molar-refractivity contribution is -0.138. The second kappa shape index (κ2) is 5.14. The normalized spacial score (nSPS) is 11.6. The average Bonchev–Trinajstić information content (AvgIpc) is 2.28. The predicted octanol–water partition coefficient (Wildman–Crippen LogP) is 0.521. The van der Waals surface area contributed by atoms with Gasteiger partial charge in [0, 0.05) is 0 Å². The highest BCUT2D eigenvalue weighted by Gasteiger charge is 2.13. The van der Waals surface area contributed by atoms with Crippen LogP contribution in [0.1, 0.15) is 11.1 Å². The Balaban J connectivity index is 2.92. The summed E-state index contributed by atoms with van der Waals surface area (Å²) in [5, 5.41) is 17.5. The number of nitrogens with zero attached hydrogens (tertiary/aromatic N) is 1. The van der Waals surface area contributed by atoms with E-state index in [0.717, 1.165) is 0 Å². The molecule has 5 heteroatoms. The molecule has 0 aromatic heterocycles. The Hall–Kier alpha value is -2.06. The Morgan fingerprint density at radius 2 is 2.38 bits per heavy atom. The van der Waals surface area contributed by atoms with Crippen molar-refractivity contribution in [2.45, 2.75) is 12.5 Å². The first kappa shape index (κ1) is 12.0. The first-order valence-corrected chi connectivity index (χ1v) is 4.64. The van der Waals surface area contributed by atoms with E-state index in [2.05, 4.69) is 0 Å². The van der Waals surface area contributed by atoms with Gasteiger partial charge in [0.15, 0.2) is 0 Å². The number of hydrogen-bond donors (Lipinski definition) is 2. The molecule has 5 nitrogen and oxygen atoms in total. The molecule has 3 N–H and O–H groups in total. The second-order valence-electron chi connectivity index (χ2n) is 3.30. The third-order valence-corrected chi connectivity index (χ3v) is 2.16. The van der Waals surface area contributed by atoms with Crippen LogP contribution in [0.5, 0.6) is 5.75 Å². The van der Waals surface area contributed by atoms with E-state index >= 15 is 0 Å². The van der Waals surface area contributed by atoms with Crippen molar-refractivity contribution in [3.63, 3.8) is 0 Å². The van der Waals surface area contributed by atoms with Crippen LogP contribution in [0.25, 0.3) is 0 Å². The van der Waals surface area contributed by atoms with Gasteiger partial charge in [-0.25, -0.2) is 0 Å². The second-order valence-corrected chi connectivity index (χ2v) is 3.30. The van der Waals surface area contributed by atoms with Crippen LogP contribution >= 0.6 is 0 Å². The zero-order valence-corrected chi connectivity index (χ0v) is 8.80. The zero-order chi connectivity index (χ0) is 12.1. The van der Waals surface area contributed by atoms with Gasteiger partial charge in [0.1, 0.15) is 17.9 Å². The Morgan fingerprint density at radius 1 is 1.69 bits per heavy atom. The minimum Gasteiger partial charge on any atom is -0.495 e. The lowest BCUT2D eigenvalue weighted by Gasteiger charge is -2.08. The molecular formula is C11H12N2O3. The van der Waals surface area contributed by atoms with E-state index in [1.54, 1.807) is 18.2 Å². The van der Waals surface area contributed by atoms with Crippen molar-refractivity contribution in [2.24, 2.45) is 5.73 Å². The molecule has 0 heterocycles. The van der Waals surface area contributed by atoms with Crippen molar-refractivity contribution in [3.05, 3.63) is 29.3 Å². The highest BCUT2D eigenvalue weighted by atomic mass is 16.5. The topological polar surface area (TPSA) is 96.3 Å². The quantitative estimate of drug-likeness (QED) is 0.771. The molecule has 0 spiro atoms. The summed E-state index contributed by atoms with van der Waals surface area (Å²) in [5.74, 6) is -0.593. The maximum Gasteiger partial charge on any atom is 0.320 e. The molecule has 0 aliphatic carbocycles. The third-order valence-electron chi connectivity index (χ3n) is 2.16. The van der Waals surface area contributed by atoms with E-state index in [9.17, 15) is 4.79 Å². The van der Waals surface area contributed by atoms with E-state index < -0.39 is 12.0 Å². The molecule has 16 heavy (non-hydrogen) atoms. The minimum atomic E-state index is -1.06. The Kier molecular flexibility index (Phi) is 3.86. The molecule has 0 unspecified atom stereocenters. The molecule has 1 aromatic rings. The van der Waals surface area contributed by atoms with Crippen LogP contribution in [0, 0.1) is 11.3 Å². The molecule has 0 radical (unpaired) electrons. The van der Waals surface area contributed by atoms with E-state index in [0.29, 0.717) is 16.9 Å². The van der Waals surface area contributed by atoms with Gasteiger partial charge in [-0.2, -0.15) is 5.26 Å². The van der Waals surface area contributed by atoms with Gasteiger partial charge in [-0.1, -0.05) is 6.07 Å². The largest absolute Gasteiger partial charge is 0.495 e. The molecular weight excluding hydrogens is 208 g/mol. The molecule has 0 saturated carbocycles. The Morgan fingerprint density at radius 3 is 2.88 bits per heavy atom. The summed E-state index contributed by atoms with van der Waals surface area (Å²) in [6.45, 7) is 0. The fourth-order valence-electron chi connectivity index (χ4n) is 1.31. The highest BCUT2D eigenvalue weighted by molar-refractivity contribution is 5.73. The fourth-order valence-corrected chi connectivity index (χ4v) is 1.31. The van der Waals surface area contributed by atoms with Gasteiger partial charge < -0.3 is 15.6 Å². The molecule has 0 bridgehead atoms.